The second kappa shape index (κ2) is 8.69. The lowest BCUT2D eigenvalue weighted by molar-refractivity contribution is -0.274. The molecule has 2 rings (SSSR count). The molecular weight excluding hydrogens is 432 g/mol. The first-order valence-electron chi connectivity index (χ1n) is 8.02. The molecule has 1 aromatic rings. The van der Waals surface area contributed by atoms with Crippen molar-refractivity contribution in [1.82, 2.24) is 4.90 Å². The molecule has 0 bridgehead atoms. The Bertz CT molecular complexity index is 585. The van der Waals surface area contributed by atoms with Crippen LogP contribution in [0, 0.1) is 5.92 Å². The topological polar surface area (TPSA) is 21.7 Å². The molecule has 148 valence electrons. The predicted octanol–water partition coefficient (Wildman–Crippen LogP) is 5.39. The Labute approximate surface area is 155 Å². The number of rotatable bonds is 6. The van der Waals surface area contributed by atoms with Crippen LogP contribution in [0.15, 0.2) is 22.7 Å². The van der Waals surface area contributed by atoms with Crippen molar-refractivity contribution in [3.8, 4) is 11.5 Å². The van der Waals surface area contributed by atoms with Gasteiger partial charge < -0.3 is 14.4 Å². The van der Waals surface area contributed by atoms with Crippen LogP contribution in [-0.2, 0) is 0 Å². The maximum absolute atomic E-state index is 12.6. The van der Waals surface area contributed by atoms with Crippen molar-refractivity contribution in [3.05, 3.63) is 22.7 Å². The van der Waals surface area contributed by atoms with E-state index >= 15 is 0 Å². The lowest BCUT2D eigenvalue weighted by Gasteiger charge is -2.32. The second-order valence-corrected chi connectivity index (χ2v) is 6.85. The van der Waals surface area contributed by atoms with Gasteiger partial charge in [-0.15, -0.1) is 13.2 Å². The van der Waals surface area contributed by atoms with E-state index in [9.17, 15) is 26.3 Å². The molecule has 0 atom stereocenters. The number of likely N-dealkylation sites (tertiary alicyclic amines) is 1. The van der Waals surface area contributed by atoms with Gasteiger partial charge in [-0.25, -0.2) is 0 Å². The highest BCUT2D eigenvalue weighted by atomic mass is 79.9. The molecule has 1 aliphatic rings. The molecule has 10 heteroatoms. The van der Waals surface area contributed by atoms with Crippen molar-refractivity contribution in [2.75, 3.05) is 26.2 Å². The fraction of sp³-hybridized carbons (Fsp3) is 0.625. The van der Waals surface area contributed by atoms with Crippen LogP contribution in [-0.4, -0.2) is 43.7 Å². The maximum Gasteiger partial charge on any atom is 0.573 e. The van der Waals surface area contributed by atoms with E-state index in [2.05, 4.69) is 20.7 Å². The summed E-state index contributed by atoms with van der Waals surface area (Å²) in [5.41, 5.74) is 0. The third-order valence-corrected chi connectivity index (χ3v) is 4.68. The van der Waals surface area contributed by atoms with Gasteiger partial charge in [-0.3, -0.25) is 0 Å². The van der Waals surface area contributed by atoms with E-state index in [0.29, 0.717) is 42.9 Å². The summed E-state index contributed by atoms with van der Waals surface area (Å²) in [5, 5.41) is 0. The highest BCUT2D eigenvalue weighted by Crippen LogP contribution is 2.34. The van der Waals surface area contributed by atoms with Crippen LogP contribution in [0.5, 0.6) is 11.5 Å². The molecule has 1 fully saturated rings. The Morgan fingerprint density at radius 1 is 1.08 bits per heavy atom. The van der Waals surface area contributed by atoms with Crippen molar-refractivity contribution >= 4 is 15.9 Å². The van der Waals surface area contributed by atoms with E-state index in [1.165, 1.54) is 6.07 Å². The van der Waals surface area contributed by atoms with Crippen molar-refractivity contribution in [3.63, 3.8) is 0 Å². The number of alkyl halides is 6. The van der Waals surface area contributed by atoms with Crippen LogP contribution in [0.3, 0.4) is 0 Å². The smallest absolute Gasteiger partial charge is 0.492 e. The molecule has 0 saturated carbocycles. The Balaban J connectivity index is 1.70. The van der Waals surface area contributed by atoms with Gasteiger partial charge in [0, 0.05) is 6.54 Å². The van der Waals surface area contributed by atoms with Crippen molar-refractivity contribution in [2.45, 2.75) is 31.8 Å². The number of nitrogens with zero attached hydrogens (tertiary/aromatic N) is 1. The zero-order chi connectivity index (χ0) is 19.4. The van der Waals surface area contributed by atoms with Crippen LogP contribution in [0.4, 0.5) is 26.3 Å². The van der Waals surface area contributed by atoms with Gasteiger partial charge in [0.05, 0.1) is 17.0 Å². The van der Waals surface area contributed by atoms with Gasteiger partial charge in [0.15, 0.2) is 0 Å². The predicted molar refractivity (Wildman–Crippen MR) is 86.2 cm³/mol. The van der Waals surface area contributed by atoms with E-state index in [4.69, 9.17) is 4.74 Å². The van der Waals surface area contributed by atoms with Crippen LogP contribution < -0.4 is 9.47 Å². The largest absolute Gasteiger partial charge is 0.573 e. The molecule has 0 radical (unpaired) electrons. The van der Waals surface area contributed by atoms with E-state index in [1.807, 2.05) is 4.90 Å². The average molecular weight is 450 g/mol. The summed E-state index contributed by atoms with van der Waals surface area (Å²) in [6.07, 6.45) is -8.07. The molecule has 1 heterocycles. The first kappa shape index (κ1) is 21.1. The molecule has 1 saturated heterocycles. The zero-order valence-corrected chi connectivity index (χ0v) is 15.3. The van der Waals surface area contributed by atoms with Gasteiger partial charge in [0.1, 0.15) is 11.5 Å². The van der Waals surface area contributed by atoms with E-state index in [1.54, 1.807) is 0 Å². The third-order valence-electron chi connectivity index (χ3n) is 4.06. The number of piperidine rings is 1. The molecule has 1 aliphatic heterocycles. The third kappa shape index (κ3) is 6.86. The number of hydrogen-bond acceptors (Lipinski definition) is 3. The van der Waals surface area contributed by atoms with Crippen molar-refractivity contribution < 1.29 is 35.8 Å². The fourth-order valence-corrected chi connectivity index (χ4v) is 3.22. The molecule has 26 heavy (non-hydrogen) atoms. The van der Waals surface area contributed by atoms with E-state index in [0.717, 1.165) is 12.1 Å². The molecule has 0 spiro atoms. The zero-order valence-electron chi connectivity index (χ0n) is 13.7. The van der Waals surface area contributed by atoms with Crippen LogP contribution in [0.1, 0.15) is 19.3 Å². The van der Waals surface area contributed by atoms with Crippen LogP contribution in [0.2, 0.25) is 0 Å². The number of benzene rings is 1. The Morgan fingerprint density at radius 2 is 1.73 bits per heavy atom. The number of halogens is 7. The molecule has 0 aliphatic carbocycles. The second-order valence-electron chi connectivity index (χ2n) is 6.00. The van der Waals surface area contributed by atoms with Gasteiger partial charge in [-0.1, -0.05) is 0 Å². The normalized spacial score (nSPS) is 17.3. The summed E-state index contributed by atoms with van der Waals surface area (Å²) in [4.78, 5) is 1.96. The lowest BCUT2D eigenvalue weighted by atomic mass is 9.96. The van der Waals surface area contributed by atoms with Crippen LogP contribution in [0.25, 0.3) is 0 Å². The summed E-state index contributed by atoms with van der Waals surface area (Å²) >= 11 is 3.12. The Kier molecular flexibility index (Phi) is 7.06. The quantitative estimate of drug-likeness (QED) is 0.429. The summed E-state index contributed by atoms with van der Waals surface area (Å²) in [6, 6.07) is 3.67. The fourth-order valence-electron chi connectivity index (χ4n) is 2.75. The molecule has 0 N–H and O–H groups in total. The summed E-state index contributed by atoms with van der Waals surface area (Å²) in [7, 11) is 0. The Hall–Kier alpha value is -1.16. The monoisotopic (exact) mass is 449 g/mol. The van der Waals surface area contributed by atoms with Gasteiger partial charge >= 0.3 is 12.5 Å². The van der Waals surface area contributed by atoms with Gasteiger partial charge in [-0.05, 0) is 66.5 Å². The van der Waals surface area contributed by atoms with Crippen LogP contribution >= 0.6 is 15.9 Å². The summed E-state index contributed by atoms with van der Waals surface area (Å²) in [5.74, 6) is -1.21. The van der Waals surface area contributed by atoms with Crippen molar-refractivity contribution in [1.29, 1.82) is 0 Å². The minimum absolute atomic E-state index is 0.108. The van der Waals surface area contributed by atoms with Gasteiger partial charge in [0.25, 0.3) is 0 Å². The number of hydrogen-bond donors (Lipinski definition) is 0. The number of ether oxygens (including phenoxy) is 2. The molecule has 0 unspecified atom stereocenters. The molecule has 0 amide bonds. The van der Waals surface area contributed by atoms with E-state index < -0.39 is 18.5 Å². The minimum Gasteiger partial charge on any atom is -0.492 e. The Morgan fingerprint density at radius 3 is 2.27 bits per heavy atom. The standard InChI is InChI=1S/C16H18BrF6NO2/c17-13-10-12(26-16(21,22)23)2-3-14(13)25-9-1-6-24-7-4-11(5-8-24)15(18,19)20/h2-3,10-11H,1,4-9H2. The van der Waals surface area contributed by atoms with Gasteiger partial charge in [0.2, 0.25) is 0 Å². The maximum atomic E-state index is 12.6. The van der Waals surface area contributed by atoms with E-state index in [-0.39, 0.29) is 18.6 Å². The first-order chi connectivity index (χ1) is 12.0. The highest BCUT2D eigenvalue weighted by Gasteiger charge is 2.40. The molecule has 3 nitrogen and oxygen atoms in total. The molecule has 0 aromatic heterocycles. The highest BCUT2D eigenvalue weighted by molar-refractivity contribution is 9.10. The van der Waals surface area contributed by atoms with Crippen molar-refractivity contribution in [2.24, 2.45) is 5.92 Å². The molecule has 1 aromatic carbocycles. The summed E-state index contributed by atoms with van der Waals surface area (Å²) in [6.45, 7) is 1.71. The van der Waals surface area contributed by atoms with Gasteiger partial charge in [-0.2, -0.15) is 13.2 Å². The SMILES string of the molecule is FC(F)(F)Oc1ccc(OCCCN2CCC(C(F)(F)F)CC2)c(Br)c1. The first-order valence-corrected chi connectivity index (χ1v) is 8.81. The summed E-state index contributed by atoms with van der Waals surface area (Å²) < 4.78 is 83.9. The molecular formula is C16H18BrF6NO2. The lowest BCUT2D eigenvalue weighted by Crippen LogP contribution is -2.39. The average Bonchev–Trinajstić information content (AvgIpc) is 2.51. The minimum atomic E-state index is -4.76.